The number of nitrogens with one attached hydrogen (secondary N) is 1. The van der Waals surface area contributed by atoms with Crippen LogP contribution in [0, 0.1) is 5.92 Å². The minimum absolute atomic E-state index is 0.0686. The molecule has 1 atom stereocenters. The summed E-state index contributed by atoms with van der Waals surface area (Å²) in [6.07, 6.45) is -4.09. The number of hydrogen-bond donors (Lipinski definition) is 1. The van der Waals surface area contributed by atoms with E-state index in [1.165, 1.54) is 12.1 Å². The number of carbonyl (C=O) groups is 2. The van der Waals surface area contributed by atoms with Crippen molar-refractivity contribution in [1.82, 2.24) is 5.32 Å². The van der Waals surface area contributed by atoms with Gasteiger partial charge in [0.1, 0.15) is 5.92 Å². The van der Waals surface area contributed by atoms with E-state index in [9.17, 15) is 22.8 Å². The van der Waals surface area contributed by atoms with Gasteiger partial charge in [0.2, 0.25) is 11.8 Å². The molecule has 0 aromatic heterocycles. The van der Waals surface area contributed by atoms with Gasteiger partial charge in [0, 0.05) is 18.5 Å². The number of fused-ring (bicyclic) bond motifs is 1. The van der Waals surface area contributed by atoms with E-state index in [-0.39, 0.29) is 12.5 Å². The number of benzene rings is 3. The zero-order chi connectivity index (χ0) is 21.3. The lowest BCUT2D eigenvalue weighted by Gasteiger charge is -2.19. The molecular formula is C23H19F3N2O2. The number of amides is 2. The summed E-state index contributed by atoms with van der Waals surface area (Å²) >= 11 is 0. The van der Waals surface area contributed by atoms with Gasteiger partial charge in [-0.05, 0) is 35.6 Å². The molecule has 0 saturated carbocycles. The standard InChI is InChI=1S/C23H19F3N2O2/c24-23(25,26)17-8-3-5-15(13-17)14-27-21(29)19-11-12-28(22(19)30)20-10-4-7-16-6-1-2-9-18(16)20/h1-10,13,19H,11-12,14H2,(H,27,29). The summed E-state index contributed by atoms with van der Waals surface area (Å²) < 4.78 is 38.5. The van der Waals surface area contributed by atoms with Gasteiger partial charge in [-0.3, -0.25) is 9.59 Å². The summed E-state index contributed by atoms with van der Waals surface area (Å²) in [5, 5.41) is 4.53. The SMILES string of the molecule is O=C(NCc1cccc(C(F)(F)F)c1)C1CCN(c2cccc3ccccc23)C1=O. The van der Waals surface area contributed by atoms with Crippen molar-refractivity contribution in [3.8, 4) is 0 Å². The van der Waals surface area contributed by atoms with Crippen molar-refractivity contribution in [3.05, 3.63) is 77.9 Å². The van der Waals surface area contributed by atoms with Crippen LogP contribution in [-0.2, 0) is 22.3 Å². The van der Waals surface area contributed by atoms with Gasteiger partial charge >= 0.3 is 6.18 Å². The molecule has 1 aliphatic heterocycles. The topological polar surface area (TPSA) is 49.4 Å². The van der Waals surface area contributed by atoms with Crippen molar-refractivity contribution in [2.45, 2.75) is 19.1 Å². The van der Waals surface area contributed by atoms with E-state index in [1.54, 1.807) is 4.90 Å². The molecule has 154 valence electrons. The second-order valence-corrected chi connectivity index (χ2v) is 7.25. The molecule has 4 rings (SSSR count). The van der Waals surface area contributed by atoms with Gasteiger partial charge in [-0.2, -0.15) is 13.2 Å². The quantitative estimate of drug-likeness (QED) is 0.641. The van der Waals surface area contributed by atoms with Crippen molar-refractivity contribution in [2.24, 2.45) is 5.92 Å². The van der Waals surface area contributed by atoms with Crippen molar-refractivity contribution in [1.29, 1.82) is 0 Å². The molecule has 4 nitrogen and oxygen atoms in total. The Labute approximate surface area is 171 Å². The van der Waals surface area contributed by atoms with Crippen molar-refractivity contribution < 1.29 is 22.8 Å². The van der Waals surface area contributed by atoms with E-state index in [2.05, 4.69) is 5.32 Å². The number of hydrogen-bond acceptors (Lipinski definition) is 2. The van der Waals surface area contributed by atoms with E-state index in [1.807, 2.05) is 42.5 Å². The number of alkyl halides is 3. The lowest BCUT2D eigenvalue weighted by molar-refractivity contribution is -0.137. The second kappa shape index (κ2) is 7.82. The van der Waals surface area contributed by atoms with Gasteiger partial charge in [-0.25, -0.2) is 0 Å². The molecular weight excluding hydrogens is 393 g/mol. The normalized spacial score (nSPS) is 16.8. The van der Waals surface area contributed by atoms with Gasteiger partial charge in [0.05, 0.1) is 11.3 Å². The molecule has 3 aromatic carbocycles. The second-order valence-electron chi connectivity index (χ2n) is 7.25. The molecule has 0 aliphatic carbocycles. The average Bonchev–Trinajstić information content (AvgIpc) is 3.12. The smallest absolute Gasteiger partial charge is 0.351 e. The molecule has 0 spiro atoms. The van der Waals surface area contributed by atoms with Gasteiger partial charge in [-0.1, -0.05) is 48.5 Å². The van der Waals surface area contributed by atoms with Crippen LogP contribution in [0.3, 0.4) is 0 Å². The molecule has 1 aliphatic rings. The summed E-state index contributed by atoms with van der Waals surface area (Å²) in [5.41, 5.74) is 0.314. The molecule has 1 fully saturated rings. The predicted molar refractivity (Wildman–Crippen MR) is 108 cm³/mol. The Hall–Kier alpha value is -3.35. The lowest BCUT2D eigenvalue weighted by atomic mass is 10.1. The highest BCUT2D eigenvalue weighted by Crippen LogP contribution is 2.32. The minimum atomic E-state index is -4.44. The highest BCUT2D eigenvalue weighted by molar-refractivity contribution is 6.12. The fraction of sp³-hybridized carbons (Fsp3) is 0.217. The largest absolute Gasteiger partial charge is 0.416 e. The number of rotatable bonds is 4. The molecule has 0 radical (unpaired) electrons. The zero-order valence-electron chi connectivity index (χ0n) is 15.9. The van der Waals surface area contributed by atoms with Crippen LogP contribution in [-0.4, -0.2) is 18.4 Å². The van der Waals surface area contributed by atoms with Crippen molar-refractivity contribution in [2.75, 3.05) is 11.4 Å². The third kappa shape index (κ3) is 3.87. The first-order valence-electron chi connectivity index (χ1n) is 9.57. The molecule has 0 bridgehead atoms. The molecule has 1 unspecified atom stereocenters. The Morgan fingerprint density at radius 1 is 1.03 bits per heavy atom. The first-order chi connectivity index (χ1) is 14.3. The minimum Gasteiger partial charge on any atom is -0.351 e. The van der Waals surface area contributed by atoms with E-state index in [4.69, 9.17) is 0 Å². The van der Waals surface area contributed by atoms with Gasteiger partial charge < -0.3 is 10.2 Å². The third-order valence-corrected chi connectivity index (χ3v) is 5.30. The maximum atomic E-state index is 12.9. The first-order valence-corrected chi connectivity index (χ1v) is 9.57. The Kier molecular flexibility index (Phi) is 5.20. The predicted octanol–water partition coefficient (Wildman–Crippen LogP) is 4.53. The van der Waals surface area contributed by atoms with Crippen LogP contribution in [0.1, 0.15) is 17.5 Å². The summed E-state index contributed by atoms with van der Waals surface area (Å²) in [5.74, 6) is -1.62. The fourth-order valence-electron chi connectivity index (χ4n) is 3.78. The van der Waals surface area contributed by atoms with Gasteiger partial charge in [0.25, 0.3) is 0 Å². The number of halogens is 3. The van der Waals surface area contributed by atoms with E-state index >= 15 is 0 Å². The Morgan fingerprint density at radius 2 is 1.77 bits per heavy atom. The van der Waals surface area contributed by atoms with Crippen molar-refractivity contribution in [3.63, 3.8) is 0 Å². The Balaban J connectivity index is 1.46. The van der Waals surface area contributed by atoms with Crippen LogP contribution in [0.25, 0.3) is 10.8 Å². The molecule has 2 amide bonds. The van der Waals surface area contributed by atoms with Crippen LogP contribution >= 0.6 is 0 Å². The highest BCUT2D eigenvalue weighted by atomic mass is 19.4. The maximum absolute atomic E-state index is 12.9. The van der Waals surface area contributed by atoms with E-state index in [0.29, 0.717) is 18.5 Å². The third-order valence-electron chi connectivity index (χ3n) is 5.30. The number of carbonyl (C=O) groups excluding carboxylic acids is 2. The lowest BCUT2D eigenvalue weighted by Crippen LogP contribution is -2.36. The first kappa shape index (κ1) is 19.9. The summed E-state index contributed by atoms with van der Waals surface area (Å²) in [4.78, 5) is 27.1. The monoisotopic (exact) mass is 412 g/mol. The molecule has 7 heteroatoms. The molecule has 1 heterocycles. The van der Waals surface area contributed by atoms with E-state index < -0.39 is 23.6 Å². The maximum Gasteiger partial charge on any atom is 0.416 e. The molecule has 3 aromatic rings. The van der Waals surface area contributed by atoms with Crippen LogP contribution < -0.4 is 10.2 Å². The highest BCUT2D eigenvalue weighted by Gasteiger charge is 2.38. The summed E-state index contributed by atoms with van der Waals surface area (Å²) in [7, 11) is 0. The molecule has 1 N–H and O–H groups in total. The molecule has 30 heavy (non-hydrogen) atoms. The fourth-order valence-corrected chi connectivity index (χ4v) is 3.78. The zero-order valence-corrected chi connectivity index (χ0v) is 15.9. The van der Waals surface area contributed by atoms with Gasteiger partial charge in [-0.15, -0.1) is 0 Å². The van der Waals surface area contributed by atoms with Crippen LogP contribution in [0.5, 0.6) is 0 Å². The van der Waals surface area contributed by atoms with Crippen LogP contribution in [0.15, 0.2) is 66.7 Å². The Morgan fingerprint density at radius 3 is 2.57 bits per heavy atom. The molecule has 1 saturated heterocycles. The number of anilines is 1. The summed E-state index contributed by atoms with van der Waals surface area (Å²) in [6, 6.07) is 18.2. The number of nitrogens with zero attached hydrogens (tertiary/aromatic N) is 1. The Bertz CT molecular complexity index is 1110. The van der Waals surface area contributed by atoms with Gasteiger partial charge in [0.15, 0.2) is 0 Å². The van der Waals surface area contributed by atoms with Crippen LogP contribution in [0.4, 0.5) is 18.9 Å². The van der Waals surface area contributed by atoms with E-state index in [0.717, 1.165) is 28.6 Å². The average molecular weight is 412 g/mol. The summed E-state index contributed by atoms with van der Waals surface area (Å²) in [6.45, 7) is 0.343. The van der Waals surface area contributed by atoms with Crippen molar-refractivity contribution >= 4 is 28.3 Å². The van der Waals surface area contributed by atoms with Crippen LogP contribution in [0.2, 0.25) is 0 Å².